The highest BCUT2D eigenvalue weighted by Crippen LogP contribution is 2.26. The van der Waals surface area contributed by atoms with Gasteiger partial charge in [0.15, 0.2) is 0 Å². The van der Waals surface area contributed by atoms with Gasteiger partial charge in [-0.1, -0.05) is 19.4 Å². The Hall–Kier alpha value is -0.540. The van der Waals surface area contributed by atoms with Gasteiger partial charge in [-0.2, -0.15) is 0 Å². The lowest BCUT2D eigenvalue weighted by Gasteiger charge is -2.10. The quantitative estimate of drug-likeness (QED) is 0.867. The average molecular weight is 287 g/mol. The van der Waals surface area contributed by atoms with E-state index in [9.17, 15) is 5.11 Å². The monoisotopic (exact) mass is 286 g/mol. The summed E-state index contributed by atoms with van der Waals surface area (Å²) in [6.07, 6.45) is 3.48. The van der Waals surface area contributed by atoms with Crippen molar-refractivity contribution in [3.63, 3.8) is 0 Å². The Balaban J connectivity index is 2.51. The number of rotatable bonds is 6. The van der Waals surface area contributed by atoms with Gasteiger partial charge in [-0.05, 0) is 52.9 Å². The van der Waals surface area contributed by atoms with Crippen LogP contribution in [0.15, 0.2) is 22.7 Å². The second-order valence-corrected chi connectivity index (χ2v) is 4.80. The molecule has 0 amide bonds. The first-order valence-corrected chi connectivity index (χ1v) is 6.47. The van der Waals surface area contributed by atoms with Crippen molar-refractivity contribution in [2.45, 2.75) is 38.7 Å². The van der Waals surface area contributed by atoms with Crippen LogP contribution in [0.3, 0.4) is 0 Å². The van der Waals surface area contributed by atoms with Gasteiger partial charge >= 0.3 is 0 Å². The zero-order valence-corrected chi connectivity index (χ0v) is 11.5. The minimum Gasteiger partial charge on any atom is -0.496 e. The molecule has 0 saturated carbocycles. The summed E-state index contributed by atoms with van der Waals surface area (Å²) in [5.74, 6) is 0.845. The first-order chi connectivity index (χ1) is 7.67. The maximum absolute atomic E-state index is 9.64. The first-order valence-electron chi connectivity index (χ1n) is 5.67. The van der Waals surface area contributed by atoms with E-state index in [4.69, 9.17) is 4.74 Å². The van der Waals surface area contributed by atoms with Gasteiger partial charge < -0.3 is 9.84 Å². The lowest BCUT2D eigenvalue weighted by Crippen LogP contribution is -2.07. The Labute approximate surface area is 106 Å². The predicted octanol–water partition coefficient (Wildman–Crippen LogP) is 3.55. The Kier molecular flexibility index (Phi) is 5.85. The fraction of sp³-hybridized carbons (Fsp3) is 0.538. The molecule has 0 aliphatic carbocycles. The number of methoxy groups -OCH3 is 1. The molecule has 0 radical (unpaired) electrons. The molecule has 0 aromatic heterocycles. The van der Waals surface area contributed by atoms with Crippen molar-refractivity contribution in [3.8, 4) is 5.75 Å². The molecule has 3 heteroatoms. The fourth-order valence-corrected chi connectivity index (χ4v) is 2.26. The zero-order valence-electron chi connectivity index (χ0n) is 9.87. The van der Waals surface area contributed by atoms with E-state index in [0.29, 0.717) is 0 Å². The van der Waals surface area contributed by atoms with Crippen molar-refractivity contribution >= 4 is 15.9 Å². The SMILES string of the molecule is CCCC(O)CCc1ccc(OC)c(Br)c1. The highest BCUT2D eigenvalue weighted by atomic mass is 79.9. The maximum atomic E-state index is 9.64. The molecule has 0 heterocycles. The molecule has 1 N–H and O–H groups in total. The van der Waals surface area contributed by atoms with Crippen LogP contribution in [0.25, 0.3) is 0 Å². The zero-order chi connectivity index (χ0) is 12.0. The number of hydrogen-bond donors (Lipinski definition) is 1. The maximum Gasteiger partial charge on any atom is 0.133 e. The van der Waals surface area contributed by atoms with E-state index < -0.39 is 0 Å². The number of benzene rings is 1. The van der Waals surface area contributed by atoms with Crippen LogP contribution in [0.5, 0.6) is 5.75 Å². The number of aliphatic hydroxyl groups excluding tert-OH is 1. The van der Waals surface area contributed by atoms with Crippen molar-refractivity contribution in [3.05, 3.63) is 28.2 Å². The Bertz CT molecular complexity index is 326. The Morgan fingerprint density at radius 2 is 2.12 bits per heavy atom. The van der Waals surface area contributed by atoms with Crippen LogP contribution in [0.2, 0.25) is 0 Å². The summed E-state index contributed by atoms with van der Waals surface area (Å²) in [5.41, 5.74) is 1.22. The number of ether oxygens (including phenoxy) is 1. The van der Waals surface area contributed by atoms with Gasteiger partial charge in [-0.3, -0.25) is 0 Å². The molecule has 0 spiro atoms. The molecule has 2 nitrogen and oxygen atoms in total. The summed E-state index contributed by atoms with van der Waals surface area (Å²) >= 11 is 3.46. The van der Waals surface area contributed by atoms with Crippen LogP contribution in [-0.4, -0.2) is 18.3 Å². The third-order valence-corrected chi connectivity index (χ3v) is 3.22. The van der Waals surface area contributed by atoms with Crippen LogP contribution in [0.4, 0.5) is 0 Å². The van der Waals surface area contributed by atoms with Gasteiger partial charge in [0.05, 0.1) is 17.7 Å². The molecule has 1 unspecified atom stereocenters. The van der Waals surface area contributed by atoms with E-state index in [1.165, 1.54) is 5.56 Å². The molecule has 1 atom stereocenters. The summed E-state index contributed by atoms with van der Waals surface area (Å²) in [4.78, 5) is 0. The molecule has 0 bridgehead atoms. The van der Waals surface area contributed by atoms with Gasteiger partial charge in [0, 0.05) is 0 Å². The van der Waals surface area contributed by atoms with Gasteiger partial charge in [-0.25, -0.2) is 0 Å². The van der Waals surface area contributed by atoms with Gasteiger partial charge in [0.1, 0.15) is 5.75 Å². The summed E-state index contributed by atoms with van der Waals surface area (Å²) in [5, 5.41) is 9.64. The van der Waals surface area contributed by atoms with E-state index in [1.54, 1.807) is 7.11 Å². The lowest BCUT2D eigenvalue weighted by molar-refractivity contribution is 0.154. The number of aliphatic hydroxyl groups is 1. The van der Waals surface area contributed by atoms with Crippen LogP contribution in [-0.2, 0) is 6.42 Å². The molecule has 1 rings (SSSR count). The van der Waals surface area contributed by atoms with Crippen LogP contribution in [0.1, 0.15) is 31.7 Å². The standard InChI is InChI=1S/C13H19BrO2/c1-3-4-11(15)7-5-10-6-8-13(16-2)12(14)9-10/h6,8-9,11,15H,3-5,7H2,1-2H3. The predicted molar refractivity (Wildman–Crippen MR) is 69.9 cm³/mol. The highest BCUT2D eigenvalue weighted by Gasteiger charge is 2.05. The van der Waals surface area contributed by atoms with E-state index in [0.717, 1.165) is 35.9 Å². The van der Waals surface area contributed by atoms with Crippen molar-refractivity contribution in [1.82, 2.24) is 0 Å². The summed E-state index contributed by atoms with van der Waals surface area (Å²) < 4.78 is 6.14. The van der Waals surface area contributed by atoms with Crippen LogP contribution >= 0.6 is 15.9 Å². The summed E-state index contributed by atoms with van der Waals surface area (Å²) in [6.45, 7) is 2.09. The molecule has 16 heavy (non-hydrogen) atoms. The third-order valence-electron chi connectivity index (χ3n) is 2.60. The number of halogens is 1. The minimum absolute atomic E-state index is 0.175. The van der Waals surface area contributed by atoms with Crippen molar-refractivity contribution in [1.29, 1.82) is 0 Å². The normalized spacial score (nSPS) is 12.5. The van der Waals surface area contributed by atoms with Crippen molar-refractivity contribution < 1.29 is 9.84 Å². The number of hydrogen-bond acceptors (Lipinski definition) is 2. The summed E-state index contributed by atoms with van der Waals surface area (Å²) in [6, 6.07) is 6.05. The lowest BCUT2D eigenvalue weighted by atomic mass is 10.0. The van der Waals surface area contributed by atoms with Crippen molar-refractivity contribution in [2.24, 2.45) is 0 Å². The summed E-state index contributed by atoms with van der Waals surface area (Å²) in [7, 11) is 1.66. The Morgan fingerprint density at radius 3 is 2.69 bits per heavy atom. The molecule has 0 aliphatic heterocycles. The molecule has 1 aromatic carbocycles. The second-order valence-electron chi connectivity index (χ2n) is 3.95. The topological polar surface area (TPSA) is 29.5 Å². The second kappa shape index (κ2) is 6.92. The Morgan fingerprint density at radius 1 is 1.38 bits per heavy atom. The van der Waals surface area contributed by atoms with Crippen LogP contribution in [0, 0.1) is 0 Å². The largest absolute Gasteiger partial charge is 0.496 e. The van der Waals surface area contributed by atoms with Crippen LogP contribution < -0.4 is 4.74 Å². The van der Waals surface area contributed by atoms with Gasteiger partial charge in [0.25, 0.3) is 0 Å². The minimum atomic E-state index is -0.175. The molecule has 90 valence electrons. The molecule has 0 aliphatic rings. The molecular weight excluding hydrogens is 268 g/mol. The molecule has 1 aromatic rings. The molecule has 0 fully saturated rings. The van der Waals surface area contributed by atoms with E-state index in [-0.39, 0.29) is 6.10 Å². The third kappa shape index (κ3) is 4.14. The number of aryl methyl sites for hydroxylation is 1. The molecular formula is C13H19BrO2. The van der Waals surface area contributed by atoms with E-state index in [2.05, 4.69) is 28.9 Å². The van der Waals surface area contributed by atoms with Crippen molar-refractivity contribution in [2.75, 3.05) is 7.11 Å². The van der Waals surface area contributed by atoms with Gasteiger partial charge in [0.2, 0.25) is 0 Å². The fourth-order valence-electron chi connectivity index (χ4n) is 1.68. The molecule has 0 saturated heterocycles. The average Bonchev–Trinajstić information content (AvgIpc) is 2.27. The highest BCUT2D eigenvalue weighted by molar-refractivity contribution is 9.10. The smallest absolute Gasteiger partial charge is 0.133 e. The van der Waals surface area contributed by atoms with E-state index in [1.807, 2.05) is 12.1 Å². The van der Waals surface area contributed by atoms with Gasteiger partial charge in [-0.15, -0.1) is 0 Å². The first kappa shape index (κ1) is 13.5. The van der Waals surface area contributed by atoms with E-state index >= 15 is 0 Å².